The van der Waals surface area contributed by atoms with Crippen LogP contribution in [0.5, 0.6) is 0 Å². The number of ether oxygens (including phenoxy) is 1. The first-order chi connectivity index (χ1) is 14.2. The van der Waals surface area contributed by atoms with Gasteiger partial charge in [0, 0.05) is 52.2 Å². The summed E-state index contributed by atoms with van der Waals surface area (Å²) in [7, 11) is 0. The molecule has 4 rings (SSSR count). The van der Waals surface area contributed by atoms with E-state index in [1.165, 1.54) is 11.1 Å². The summed E-state index contributed by atoms with van der Waals surface area (Å²) in [6, 6.07) is 10.4. The highest BCUT2D eigenvalue weighted by atomic mass is 16.5. The van der Waals surface area contributed by atoms with Gasteiger partial charge in [0.05, 0.1) is 19.1 Å². The largest absolute Gasteiger partial charge is 0.379 e. The first kappa shape index (κ1) is 20.1. The third-order valence-electron chi connectivity index (χ3n) is 6.30. The fraction of sp³-hybridized carbons (Fsp3) is 0.565. The third kappa shape index (κ3) is 5.06. The SMILES string of the molecule is O=C1CCC(C(=O)N2CC=C(c3ccccc3)CC2)CN1CCN1CCOCC1. The summed E-state index contributed by atoms with van der Waals surface area (Å²) in [5.41, 5.74) is 2.57. The highest BCUT2D eigenvalue weighted by Gasteiger charge is 2.33. The van der Waals surface area contributed by atoms with Gasteiger partial charge in [-0.3, -0.25) is 14.5 Å². The quantitative estimate of drug-likeness (QED) is 0.761. The van der Waals surface area contributed by atoms with Gasteiger partial charge in [-0.1, -0.05) is 36.4 Å². The zero-order valence-corrected chi connectivity index (χ0v) is 17.1. The first-order valence-corrected chi connectivity index (χ1v) is 10.8. The van der Waals surface area contributed by atoms with Gasteiger partial charge in [-0.05, 0) is 24.0 Å². The molecule has 1 aromatic carbocycles. The van der Waals surface area contributed by atoms with E-state index in [2.05, 4.69) is 35.2 Å². The normalized spacial score (nSPS) is 23.8. The van der Waals surface area contributed by atoms with Crippen LogP contribution in [0.15, 0.2) is 36.4 Å². The summed E-state index contributed by atoms with van der Waals surface area (Å²) in [4.78, 5) is 31.6. The molecule has 156 valence electrons. The molecule has 0 N–H and O–H groups in total. The van der Waals surface area contributed by atoms with E-state index in [9.17, 15) is 9.59 Å². The van der Waals surface area contributed by atoms with E-state index in [-0.39, 0.29) is 17.7 Å². The van der Waals surface area contributed by atoms with E-state index >= 15 is 0 Å². The molecular weight excluding hydrogens is 366 g/mol. The second-order valence-electron chi connectivity index (χ2n) is 8.16. The van der Waals surface area contributed by atoms with Gasteiger partial charge in [-0.15, -0.1) is 0 Å². The van der Waals surface area contributed by atoms with Crippen LogP contribution in [0, 0.1) is 5.92 Å². The second kappa shape index (κ2) is 9.55. The van der Waals surface area contributed by atoms with E-state index in [0.29, 0.717) is 32.5 Å². The van der Waals surface area contributed by atoms with Gasteiger partial charge < -0.3 is 14.5 Å². The van der Waals surface area contributed by atoms with Gasteiger partial charge in [0.25, 0.3) is 0 Å². The lowest BCUT2D eigenvalue weighted by Crippen LogP contribution is -2.50. The predicted octanol–water partition coefficient (Wildman–Crippen LogP) is 1.87. The number of morpholine rings is 1. The minimum Gasteiger partial charge on any atom is -0.379 e. The van der Waals surface area contributed by atoms with Crippen molar-refractivity contribution in [2.75, 3.05) is 59.0 Å². The molecule has 0 aliphatic carbocycles. The number of piperidine rings is 1. The van der Waals surface area contributed by atoms with Crippen LogP contribution in [0.2, 0.25) is 0 Å². The maximum atomic E-state index is 13.1. The molecule has 1 atom stereocenters. The molecule has 3 aliphatic heterocycles. The maximum Gasteiger partial charge on any atom is 0.227 e. The van der Waals surface area contributed by atoms with Gasteiger partial charge in [0.2, 0.25) is 11.8 Å². The minimum absolute atomic E-state index is 0.0657. The lowest BCUT2D eigenvalue weighted by Gasteiger charge is -2.37. The van der Waals surface area contributed by atoms with E-state index in [0.717, 1.165) is 45.8 Å². The fourth-order valence-corrected chi connectivity index (χ4v) is 4.46. The molecule has 0 bridgehead atoms. The minimum atomic E-state index is -0.0657. The number of nitrogens with zero attached hydrogens (tertiary/aromatic N) is 3. The molecular formula is C23H31N3O3. The second-order valence-corrected chi connectivity index (χ2v) is 8.16. The Morgan fingerprint density at radius 1 is 1.03 bits per heavy atom. The Hall–Kier alpha value is -2.18. The summed E-state index contributed by atoms with van der Waals surface area (Å²) in [6.07, 6.45) is 4.24. The number of rotatable bonds is 5. The molecule has 6 heteroatoms. The Kier molecular flexibility index (Phi) is 6.62. The molecule has 0 saturated carbocycles. The first-order valence-electron chi connectivity index (χ1n) is 10.8. The van der Waals surface area contributed by atoms with E-state index < -0.39 is 0 Å². The molecule has 6 nitrogen and oxygen atoms in total. The van der Waals surface area contributed by atoms with Crippen LogP contribution in [-0.4, -0.2) is 85.5 Å². The number of likely N-dealkylation sites (tertiary alicyclic amines) is 1. The fourth-order valence-electron chi connectivity index (χ4n) is 4.46. The van der Waals surface area contributed by atoms with Gasteiger partial charge in [-0.25, -0.2) is 0 Å². The monoisotopic (exact) mass is 397 g/mol. The Morgan fingerprint density at radius 2 is 1.83 bits per heavy atom. The van der Waals surface area contributed by atoms with Crippen molar-refractivity contribution >= 4 is 17.4 Å². The average molecular weight is 398 g/mol. The van der Waals surface area contributed by atoms with E-state index in [1.54, 1.807) is 0 Å². The van der Waals surface area contributed by atoms with Gasteiger partial charge in [0.1, 0.15) is 0 Å². The number of carbonyl (C=O) groups excluding carboxylic acids is 2. The van der Waals surface area contributed by atoms with Crippen molar-refractivity contribution in [3.8, 4) is 0 Å². The van der Waals surface area contributed by atoms with Crippen molar-refractivity contribution < 1.29 is 14.3 Å². The smallest absolute Gasteiger partial charge is 0.227 e. The van der Waals surface area contributed by atoms with Crippen molar-refractivity contribution in [1.29, 1.82) is 0 Å². The van der Waals surface area contributed by atoms with Gasteiger partial charge in [-0.2, -0.15) is 0 Å². The van der Waals surface area contributed by atoms with Crippen molar-refractivity contribution in [3.05, 3.63) is 42.0 Å². The molecule has 1 unspecified atom stereocenters. The van der Waals surface area contributed by atoms with E-state index in [4.69, 9.17) is 4.74 Å². The lowest BCUT2D eigenvalue weighted by molar-refractivity contribution is -0.143. The number of benzene rings is 1. The molecule has 3 aliphatic rings. The van der Waals surface area contributed by atoms with Crippen molar-refractivity contribution in [1.82, 2.24) is 14.7 Å². The van der Waals surface area contributed by atoms with E-state index in [1.807, 2.05) is 15.9 Å². The van der Waals surface area contributed by atoms with Crippen LogP contribution >= 0.6 is 0 Å². The summed E-state index contributed by atoms with van der Waals surface area (Å²) in [5, 5.41) is 0. The van der Waals surface area contributed by atoms with Crippen LogP contribution in [0.3, 0.4) is 0 Å². The Morgan fingerprint density at radius 3 is 2.55 bits per heavy atom. The summed E-state index contributed by atoms with van der Waals surface area (Å²) < 4.78 is 5.39. The molecule has 3 heterocycles. The van der Waals surface area contributed by atoms with Crippen LogP contribution < -0.4 is 0 Å². The molecule has 0 spiro atoms. The maximum absolute atomic E-state index is 13.1. The number of carbonyl (C=O) groups is 2. The highest BCUT2D eigenvalue weighted by Crippen LogP contribution is 2.25. The Balaban J connectivity index is 1.30. The molecule has 2 saturated heterocycles. The van der Waals surface area contributed by atoms with Crippen molar-refractivity contribution in [2.24, 2.45) is 5.92 Å². The predicted molar refractivity (Wildman–Crippen MR) is 112 cm³/mol. The van der Waals surface area contributed by atoms with Gasteiger partial charge in [0.15, 0.2) is 0 Å². The van der Waals surface area contributed by atoms with Crippen LogP contribution in [0.25, 0.3) is 5.57 Å². The summed E-state index contributed by atoms with van der Waals surface area (Å²) >= 11 is 0. The summed E-state index contributed by atoms with van der Waals surface area (Å²) in [6.45, 7) is 6.95. The zero-order chi connectivity index (χ0) is 20.1. The van der Waals surface area contributed by atoms with Crippen molar-refractivity contribution in [3.63, 3.8) is 0 Å². The standard InChI is InChI=1S/C23H31N3O3/c27-22-7-6-21(18-26(22)13-12-24-14-16-29-17-15-24)23(28)25-10-8-20(9-11-25)19-4-2-1-3-5-19/h1-5,8,21H,6-7,9-18H2. The van der Waals surface area contributed by atoms with Crippen LogP contribution in [0.1, 0.15) is 24.8 Å². The topological polar surface area (TPSA) is 53.1 Å². The molecule has 29 heavy (non-hydrogen) atoms. The molecule has 1 aromatic rings. The summed E-state index contributed by atoms with van der Waals surface area (Å²) in [5.74, 6) is 0.327. The van der Waals surface area contributed by atoms with Crippen LogP contribution in [-0.2, 0) is 14.3 Å². The Labute approximate surface area is 173 Å². The van der Waals surface area contributed by atoms with Gasteiger partial charge >= 0.3 is 0 Å². The third-order valence-corrected chi connectivity index (χ3v) is 6.30. The molecule has 2 amide bonds. The Bertz CT molecular complexity index is 743. The average Bonchev–Trinajstić information content (AvgIpc) is 2.79. The number of hydrogen-bond donors (Lipinski definition) is 0. The lowest BCUT2D eigenvalue weighted by atomic mass is 9.94. The molecule has 2 fully saturated rings. The van der Waals surface area contributed by atoms with Crippen LogP contribution in [0.4, 0.5) is 0 Å². The van der Waals surface area contributed by atoms with Crippen molar-refractivity contribution in [2.45, 2.75) is 19.3 Å². The number of amides is 2. The molecule has 0 radical (unpaired) electrons. The molecule has 0 aromatic heterocycles. The number of hydrogen-bond acceptors (Lipinski definition) is 4. The highest BCUT2D eigenvalue weighted by molar-refractivity contribution is 5.84. The zero-order valence-electron chi connectivity index (χ0n) is 17.1.